The fraction of sp³-hybridized carbons (Fsp3) is 0.318. The van der Waals surface area contributed by atoms with E-state index >= 15 is 0 Å². The van der Waals surface area contributed by atoms with Crippen molar-refractivity contribution in [1.82, 2.24) is 9.55 Å². The molecule has 0 unspecified atom stereocenters. The Morgan fingerprint density at radius 2 is 1.46 bits per heavy atom. The van der Waals surface area contributed by atoms with Crippen molar-refractivity contribution in [3.05, 3.63) is 66.5 Å². The van der Waals surface area contributed by atoms with Gasteiger partial charge in [0.25, 0.3) is 0 Å². The van der Waals surface area contributed by atoms with Crippen LogP contribution < -0.4 is 0 Å². The van der Waals surface area contributed by atoms with Crippen molar-refractivity contribution < 1.29 is 0 Å². The zero-order valence-corrected chi connectivity index (χ0v) is 13.9. The van der Waals surface area contributed by atoms with Crippen molar-refractivity contribution in [2.75, 3.05) is 0 Å². The molecule has 2 nitrogen and oxygen atoms in total. The number of fused-ring (bicyclic) bond motifs is 3. The topological polar surface area (TPSA) is 17.8 Å². The van der Waals surface area contributed by atoms with Crippen LogP contribution in [0.4, 0.5) is 0 Å². The molecule has 2 aliphatic rings. The van der Waals surface area contributed by atoms with Crippen molar-refractivity contribution in [1.29, 1.82) is 0 Å². The molecule has 0 spiro atoms. The Bertz CT molecular complexity index is 848. The summed E-state index contributed by atoms with van der Waals surface area (Å²) in [5.41, 5.74) is 5.00. The molecule has 5 rings (SSSR count). The molecule has 120 valence electrons. The molecule has 2 heteroatoms. The summed E-state index contributed by atoms with van der Waals surface area (Å²) in [7, 11) is 0. The highest BCUT2D eigenvalue weighted by molar-refractivity contribution is 5.79. The number of nitrogens with zero attached hydrogens (tertiary/aromatic N) is 2. The highest BCUT2D eigenvalue weighted by Gasteiger charge is 2.38. The quantitative estimate of drug-likeness (QED) is 0.610. The lowest BCUT2D eigenvalue weighted by Crippen LogP contribution is -2.18. The molecule has 3 aromatic rings. The SMILES string of the molecule is c1ccc(-c2nc3n(c2-c2ccccc2)[C@H]2CCCC[C@@H]2C3)cc1. The van der Waals surface area contributed by atoms with Gasteiger partial charge < -0.3 is 4.57 Å². The van der Waals surface area contributed by atoms with Gasteiger partial charge in [-0.25, -0.2) is 4.98 Å². The van der Waals surface area contributed by atoms with E-state index in [1.807, 2.05) is 0 Å². The van der Waals surface area contributed by atoms with Crippen LogP contribution in [0.15, 0.2) is 60.7 Å². The van der Waals surface area contributed by atoms with Crippen LogP contribution in [-0.4, -0.2) is 9.55 Å². The second kappa shape index (κ2) is 5.62. The monoisotopic (exact) mass is 314 g/mol. The van der Waals surface area contributed by atoms with Crippen LogP contribution in [0.2, 0.25) is 0 Å². The van der Waals surface area contributed by atoms with Gasteiger partial charge in [-0.1, -0.05) is 73.5 Å². The Labute approximate surface area is 143 Å². The molecule has 1 fully saturated rings. The summed E-state index contributed by atoms with van der Waals surface area (Å²) in [6.07, 6.45) is 6.56. The molecule has 2 atom stereocenters. The average molecular weight is 314 g/mol. The van der Waals surface area contributed by atoms with E-state index in [2.05, 4.69) is 65.2 Å². The first-order valence-corrected chi connectivity index (χ1v) is 9.14. The van der Waals surface area contributed by atoms with Crippen LogP contribution in [0.5, 0.6) is 0 Å². The second-order valence-electron chi connectivity index (χ2n) is 7.14. The smallest absolute Gasteiger partial charge is 0.110 e. The minimum absolute atomic E-state index is 0.647. The Morgan fingerprint density at radius 1 is 0.792 bits per heavy atom. The summed E-state index contributed by atoms with van der Waals surface area (Å²) in [4.78, 5) is 5.12. The highest BCUT2D eigenvalue weighted by Crippen LogP contribution is 2.47. The molecule has 0 bridgehead atoms. The summed E-state index contributed by atoms with van der Waals surface area (Å²) >= 11 is 0. The first-order chi connectivity index (χ1) is 11.9. The summed E-state index contributed by atoms with van der Waals surface area (Å²) in [5.74, 6) is 2.10. The van der Waals surface area contributed by atoms with Gasteiger partial charge in [0.2, 0.25) is 0 Å². The normalized spacial score (nSPS) is 22.2. The maximum atomic E-state index is 5.12. The molecular formula is C22H22N2. The van der Waals surface area contributed by atoms with Crippen molar-refractivity contribution in [3.8, 4) is 22.5 Å². The van der Waals surface area contributed by atoms with Gasteiger partial charge in [-0.05, 0) is 18.8 Å². The van der Waals surface area contributed by atoms with Gasteiger partial charge in [-0.2, -0.15) is 0 Å². The lowest BCUT2D eigenvalue weighted by atomic mass is 9.84. The molecule has 0 amide bonds. The van der Waals surface area contributed by atoms with E-state index in [0.29, 0.717) is 6.04 Å². The molecule has 2 aromatic carbocycles. The molecular weight excluding hydrogens is 292 g/mol. The van der Waals surface area contributed by atoms with Gasteiger partial charge >= 0.3 is 0 Å². The van der Waals surface area contributed by atoms with Gasteiger partial charge in [0.1, 0.15) is 5.82 Å². The Morgan fingerprint density at radius 3 is 2.21 bits per heavy atom. The van der Waals surface area contributed by atoms with Crippen LogP contribution >= 0.6 is 0 Å². The zero-order valence-electron chi connectivity index (χ0n) is 13.9. The Kier molecular flexibility index (Phi) is 3.29. The lowest BCUT2D eigenvalue weighted by Gasteiger charge is -2.27. The Hall–Kier alpha value is -2.35. The molecule has 0 radical (unpaired) electrons. The summed E-state index contributed by atoms with van der Waals surface area (Å²) < 4.78 is 2.58. The van der Waals surface area contributed by atoms with Crippen molar-refractivity contribution in [3.63, 3.8) is 0 Å². The highest BCUT2D eigenvalue weighted by atomic mass is 15.2. The minimum Gasteiger partial charge on any atom is -0.324 e. The van der Waals surface area contributed by atoms with E-state index < -0.39 is 0 Å². The molecule has 24 heavy (non-hydrogen) atoms. The van der Waals surface area contributed by atoms with Crippen molar-refractivity contribution >= 4 is 0 Å². The van der Waals surface area contributed by atoms with Crippen LogP contribution in [0.3, 0.4) is 0 Å². The standard InChI is InChI=1S/C22H22N2/c1-3-9-16(10-4-1)21-22(17-11-5-2-6-12-17)24-19-14-8-7-13-18(19)15-20(24)23-21/h1-6,9-12,18-19H,7-8,13-15H2/t18-,19+/m1/s1. The van der Waals surface area contributed by atoms with Gasteiger partial charge in [-0.15, -0.1) is 0 Å². The van der Waals surface area contributed by atoms with Crippen LogP contribution in [0, 0.1) is 5.92 Å². The fourth-order valence-electron chi connectivity index (χ4n) is 4.65. The first kappa shape index (κ1) is 14.0. The summed E-state index contributed by atoms with van der Waals surface area (Å²) in [6.45, 7) is 0. The third-order valence-corrected chi connectivity index (χ3v) is 5.72. The number of hydrogen-bond acceptors (Lipinski definition) is 1. The van der Waals surface area contributed by atoms with Gasteiger partial charge in [0.05, 0.1) is 11.4 Å². The van der Waals surface area contributed by atoms with E-state index in [1.165, 1.54) is 48.3 Å². The van der Waals surface area contributed by atoms with Gasteiger partial charge in [0.15, 0.2) is 0 Å². The number of hydrogen-bond donors (Lipinski definition) is 0. The average Bonchev–Trinajstić information content (AvgIpc) is 3.19. The molecule has 0 saturated heterocycles. The minimum atomic E-state index is 0.647. The number of aromatic nitrogens is 2. The third-order valence-electron chi connectivity index (χ3n) is 5.72. The Balaban J connectivity index is 1.73. The van der Waals surface area contributed by atoms with Crippen LogP contribution in [0.1, 0.15) is 37.5 Å². The van der Waals surface area contributed by atoms with Gasteiger partial charge in [-0.3, -0.25) is 0 Å². The summed E-state index contributed by atoms with van der Waals surface area (Å²) in [6, 6.07) is 22.1. The predicted octanol–water partition coefficient (Wildman–Crippen LogP) is 5.50. The van der Waals surface area contributed by atoms with E-state index in [9.17, 15) is 0 Å². The van der Waals surface area contributed by atoms with Crippen LogP contribution in [-0.2, 0) is 6.42 Å². The first-order valence-electron chi connectivity index (χ1n) is 9.14. The van der Waals surface area contributed by atoms with E-state index in [0.717, 1.165) is 18.0 Å². The van der Waals surface area contributed by atoms with Crippen LogP contribution in [0.25, 0.3) is 22.5 Å². The maximum Gasteiger partial charge on any atom is 0.110 e. The number of rotatable bonds is 2. The molecule has 1 saturated carbocycles. The molecule has 1 aliphatic heterocycles. The molecule has 2 heterocycles. The maximum absolute atomic E-state index is 5.12. The molecule has 1 aromatic heterocycles. The van der Waals surface area contributed by atoms with Crippen molar-refractivity contribution in [2.24, 2.45) is 5.92 Å². The predicted molar refractivity (Wildman–Crippen MR) is 97.8 cm³/mol. The number of benzene rings is 2. The van der Waals surface area contributed by atoms with Crippen molar-refractivity contribution in [2.45, 2.75) is 38.1 Å². The van der Waals surface area contributed by atoms with E-state index in [-0.39, 0.29) is 0 Å². The zero-order chi connectivity index (χ0) is 15.9. The van der Waals surface area contributed by atoms with E-state index in [1.54, 1.807) is 0 Å². The molecule has 0 N–H and O–H groups in total. The molecule has 1 aliphatic carbocycles. The largest absolute Gasteiger partial charge is 0.324 e. The van der Waals surface area contributed by atoms with E-state index in [4.69, 9.17) is 4.98 Å². The lowest BCUT2D eigenvalue weighted by molar-refractivity contribution is 0.279. The fourth-order valence-corrected chi connectivity index (χ4v) is 4.65. The number of imidazole rings is 1. The summed E-state index contributed by atoms with van der Waals surface area (Å²) in [5, 5.41) is 0. The van der Waals surface area contributed by atoms with Gasteiger partial charge in [0, 0.05) is 23.6 Å². The third kappa shape index (κ3) is 2.13. The second-order valence-corrected chi connectivity index (χ2v) is 7.14.